The highest BCUT2D eigenvalue weighted by Crippen LogP contribution is 2.33. The average Bonchev–Trinajstić information content (AvgIpc) is 2.32. The molecule has 2 rings (SSSR count). The van der Waals surface area contributed by atoms with E-state index in [1.807, 2.05) is 0 Å². The monoisotopic (exact) mass is 254 g/mol. The van der Waals surface area contributed by atoms with Gasteiger partial charge in [0.2, 0.25) is 0 Å². The summed E-state index contributed by atoms with van der Waals surface area (Å²) in [4.78, 5) is 0. The molecule has 0 aliphatic rings. The van der Waals surface area contributed by atoms with Crippen LogP contribution in [0, 0.1) is 12.7 Å². The predicted molar refractivity (Wildman–Crippen MR) is 61.6 cm³/mol. The van der Waals surface area contributed by atoms with Crippen molar-refractivity contribution in [3.63, 3.8) is 0 Å². The van der Waals surface area contributed by atoms with Crippen LogP contribution < -0.4 is 0 Å². The van der Waals surface area contributed by atoms with Gasteiger partial charge < -0.3 is 0 Å². The molecule has 0 saturated heterocycles. The van der Waals surface area contributed by atoms with Crippen molar-refractivity contribution < 1.29 is 17.6 Å². The van der Waals surface area contributed by atoms with E-state index in [9.17, 15) is 17.6 Å². The van der Waals surface area contributed by atoms with Crippen molar-refractivity contribution >= 4 is 0 Å². The van der Waals surface area contributed by atoms with Gasteiger partial charge in [0.25, 0.3) is 0 Å². The zero-order valence-corrected chi connectivity index (χ0v) is 9.55. The number of alkyl halides is 3. The van der Waals surface area contributed by atoms with E-state index in [1.54, 1.807) is 19.1 Å². The second kappa shape index (κ2) is 4.44. The Balaban J connectivity index is 2.55. The third-order valence-electron chi connectivity index (χ3n) is 2.69. The molecule has 0 spiro atoms. The van der Waals surface area contributed by atoms with Crippen LogP contribution >= 0.6 is 0 Å². The van der Waals surface area contributed by atoms with Crippen LogP contribution in [0.3, 0.4) is 0 Å². The highest BCUT2D eigenvalue weighted by atomic mass is 19.4. The molecule has 4 heteroatoms. The maximum Gasteiger partial charge on any atom is 0.416 e. The van der Waals surface area contributed by atoms with Crippen molar-refractivity contribution in [3.8, 4) is 11.1 Å². The minimum Gasteiger partial charge on any atom is -0.206 e. The van der Waals surface area contributed by atoms with Crippen LogP contribution in [0.2, 0.25) is 0 Å². The van der Waals surface area contributed by atoms with Crippen LogP contribution in [0.15, 0.2) is 42.5 Å². The number of halogens is 4. The summed E-state index contributed by atoms with van der Waals surface area (Å²) in [6, 6.07) is 9.33. The van der Waals surface area contributed by atoms with Gasteiger partial charge in [0.1, 0.15) is 5.82 Å². The molecule has 0 heterocycles. The minimum absolute atomic E-state index is 0.182. The van der Waals surface area contributed by atoms with Crippen molar-refractivity contribution in [2.75, 3.05) is 0 Å². The number of hydrogen-bond donors (Lipinski definition) is 0. The first-order valence-corrected chi connectivity index (χ1v) is 5.32. The zero-order valence-electron chi connectivity index (χ0n) is 9.55. The standard InChI is InChI=1S/C14H10F4/c1-9-4-2-7-12(13(9)15)10-5-3-6-11(8-10)14(16,17)18/h2-8H,1H3. The van der Waals surface area contributed by atoms with Gasteiger partial charge in [-0.25, -0.2) is 4.39 Å². The van der Waals surface area contributed by atoms with E-state index in [0.29, 0.717) is 5.56 Å². The first kappa shape index (κ1) is 12.6. The molecule has 0 N–H and O–H groups in total. The van der Waals surface area contributed by atoms with Gasteiger partial charge in [-0.1, -0.05) is 30.3 Å². The summed E-state index contributed by atoms with van der Waals surface area (Å²) < 4.78 is 51.5. The number of rotatable bonds is 1. The van der Waals surface area contributed by atoms with E-state index in [1.165, 1.54) is 18.2 Å². The Labute approximate surface area is 102 Å². The molecule has 2 aromatic rings. The maximum absolute atomic E-state index is 13.8. The van der Waals surface area contributed by atoms with Gasteiger partial charge in [-0.15, -0.1) is 0 Å². The molecule has 2 aromatic carbocycles. The smallest absolute Gasteiger partial charge is 0.206 e. The van der Waals surface area contributed by atoms with E-state index >= 15 is 0 Å². The topological polar surface area (TPSA) is 0 Å². The lowest BCUT2D eigenvalue weighted by molar-refractivity contribution is -0.137. The summed E-state index contributed by atoms with van der Waals surface area (Å²) >= 11 is 0. The molecule has 0 aliphatic heterocycles. The quantitative estimate of drug-likeness (QED) is 0.640. The molecule has 18 heavy (non-hydrogen) atoms. The van der Waals surface area contributed by atoms with Crippen molar-refractivity contribution in [2.45, 2.75) is 13.1 Å². The lowest BCUT2D eigenvalue weighted by atomic mass is 10.0. The molecular weight excluding hydrogens is 244 g/mol. The van der Waals surface area contributed by atoms with E-state index in [-0.39, 0.29) is 11.1 Å². The Kier molecular flexibility index (Phi) is 3.11. The van der Waals surface area contributed by atoms with Crippen LogP contribution in [-0.2, 0) is 6.18 Å². The molecular formula is C14H10F4. The van der Waals surface area contributed by atoms with Gasteiger partial charge in [-0.05, 0) is 30.2 Å². The molecule has 0 aliphatic carbocycles. The van der Waals surface area contributed by atoms with E-state index in [0.717, 1.165) is 12.1 Å². The number of benzene rings is 2. The fraction of sp³-hybridized carbons (Fsp3) is 0.143. The largest absolute Gasteiger partial charge is 0.416 e. The first-order valence-electron chi connectivity index (χ1n) is 5.32. The van der Waals surface area contributed by atoms with E-state index in [4.69, 9.17) is 0 Å². The van der Waals surface area contributed by atoms with Crippen molar-refractivity contribution in [1.29, 1.82) is 0 Å². The highest BCUT2D eigenvalue weighted by molar-refractivity contribution is 5.65. The molecule has 0 fully saturated rings. The normalized spacial score (nSPS) is 11.6. The van der Waals surface area contributed by atoms with Crippen LogP contribution in [0.4, 0.5) is 17.6 Å². The second-order valence-corrected chi connectivity index (χ2v) is 4.02. The van der Waals surface area contributed by atoms with Gasteiger partial charge in [0.05, 0.1) is 5.56 Å². The van der Waals surface area contributed by atoms with Crippen LogP contribution in [0.1, 0.15) is 11.1 Å². The summed E-state index contributed by atoms with van der Waals surface area (Å²) in [5.74, 6) is -0.489. The lowest BCUT2D eigenvalue weighted by Gasteiger charge is -2.10. The molecule has 0 aromatic heterocycles. The van der Waals surface area contributed by atoms with E-state index in [2.05, 4.69) is 0 Å². The molecule has 0 atom stereocenters. The van der Waals surface area contributed by atoms with E-state index < -0.39 is 17.6 Å². The van der Waals surface area contributed by atoms with Crippen molar-refractivity contribution in [3.05, 3.63) is 59.4 Å². The molecule has 94 valence electrons. The summed E-state index contributed by atoms with van der Waals surface area (Å²) in [6.07, 6.45) is -4.42. The average molecular weight is 254 g/mol. The van der Waals surface area contributed by atoms with Gasteiger partial charge >= 0.3 is 6.18 Å². The molecule has 0 radical (unpaired) electrons. The lowest BCUT2D eigenvalue weighted by Crippen LogP contribution is -2.04. The fourth-order valence-corrected chi connectivity index (χ4v) is 1.73. The van der Waals surface area contributed by atoms with Gasteiger partial charge in [0, 0.05) is 5.56 Å². The second-order valence-electron chi connectivity index (χ2n) is 4.02. The summed E-state index contributed by atoms with van der Waals surface area (Å²) in [5, 5.41) is 0. The Bertz CT molecular complexity index is 570. The third kappa shape index (κ3) is 2.37. The van der Waals surface area contributed by atoms with Crippen molar-refractivity contribution in [2.24, 2.45) is 0 Å². The summed E-state index contributed by atoms with van der Waals surface area (Å²) in [5.41, 5.74) is 0.0398. The number of aryl methyl sites for hydroxylation is 1. The third-order valence-corrected chi connectivity index (χ3v) is 2.69. The highest BCUT2D eigenvalue weighted by Gasteiger charge is 2.30. The zero-order chi connectivity index (χ0) is 13.3. The Morgan fingerprint density at radius 1 is 0.944 bits per heavy atom. The van der Waals surface area contributed by atoms with Gasteiger partial charge in [-0.2, -0.15) is 13.2 Å². The SMILES string of the molecule is Cc1cccc(-c2cccc(C(F)(F)F)c2)c1F. The molecule has 0 unspecified atom stereocenters. The summed E-state index contributed by atoms with van der Waals surface area (Å²) in [6.45, 7) is 1.58. The van der Waals surface area contributed by atoms with Crippen LogP contribution in [0.5, 0.6) is 0 Å². The predicted octanol–water partition coefficient (Wildman–Crippen LogP) is 4.82. The maximum atomic E-state index is 13.8. The molecule has 0 amide bonds. The molecule has 0 bridgehead atoms. The first-order chi connectivity index (χ1) is 8.39. The Hall–Kier alpha value is -1.84. The fourth-order valence-electron chi connectivity index (χ4n) is 1.73. The van der Waals surface area contributed by atoms with Crippen LogP contribution in [0.25, 0.3) is 11.1 Å². The van der Waals surface area contributed by atoms with Crippen LogP contribution in [-0.4, -0.2) is 0 Å². The Morgan fingerprint density at radius 2 is 1.61 bits per heavy atom. The van der Waals surface area contributed by atoms with Crippen molar-refractivity contribution in [1.82, 2.24) is 0 Å². The molecule has 0 nitrogen and oxygen atoms in total. The minimum atomic E-state index is -4.42. The summed E-state index contributed by atoms with van der Waals surface area (Å²) in [7, 11) is 0. The Morgan fingerprint density at radius 3 is 2.28 bits per heavy atom. The number of hydrogen-bond acceptors (Lipinski definition) is 0. The molecule has 0 saturated carbocycles. The van der Waals surface area contributed by atoms with Gasteiger partial charge in [0.15, 0.2) is 0 Å². The van der Waals surface area contributed by atoms with Gasteiger partial charge in [-0.3, -0.25) is 0 Å².